The zero-order valence-electron chi connectivity index (χ0n) is 26.4. The third-order valence-electron chi connectivity index (χ3n) is 10.3. The van der Waals surface area contributed by atoms with Crippen LogP contribution in [0.1, 0.15) is 0 Å². The van der Waals surface area contributed by atoms with Crippen molar-refractivity contribution in [2.45, 2.75) is 0 Å². The summed E-state index contributed by atoms with van der Waals surface area (Å²) in [7, 11) is 0. The molecule has 0 saturated carbocycles. The van der Waals surface area contributed by atoms with Gasteiger partial charge < -0.3 is 0 Å². The second-order valence-corrected chi connectivity index (χ2v) is 12.9. The summed E-state index contributed by atoms with van der Waals surface area (Å²) in [5.74, 6) is 0.672. The van der Waals surface area contributed by atoms with E-state index >= 15 is 0 Å². The number of aromatic nitrogens is 3. The summed E-state index contributed by atoms with van der Waals surface area (Å²) in [4.78, 5) is 10.9. The first-order valence-electron chi connectivity index (χ1n) is 16.8. The van der Waals surface area contributed by atoms with E-state index in [9.17, 15) is 0 Å². The zero-order chi connectivity index (χ0) is 32.1. The molecule has 2 heterocycles. The maximum Gasteiger partial charge on any atom is 0.235 e. The van der Waals surface area contributed by atoms with Gasteiger partial charge >= 0.3 is 0 Å². The molecule has 226 valence electrons. The highest BCUT2D eigenvalue weighted by Gasteiger charge is 2.28. The van der Waals surface area contributed by atoms with Crippen molar-refractivity contribution in [2.75, 3.05) is 0 Å². The van der Waals surface area contributed by atoms with Crippen molar-refractivity contribution in [3.63, 3.8) is 0 Å². The van der Waals surface area contributed by atoms with Gasteiger partial charge in [0.15, 0.2) is 0 Å². The monoisotopic (exact) mass is 621 g/mol. The summed E-state index contributed by atoms with van der Waals surface area (Å²) in [6.45, 7) is 0. The standard InChI is InChI=1S/C46H27N3/c1-3-12-28(13-4-1)33-24-27-39-44-41(33)36-20-10-9-19-34(36)35-21-11-17-30-23-26-38(43(44)40(30)35)49(39)46-47-37-25-22-29-14-7-8-18-32(29)42(37)45(48-46)31-15-5-2-6-16-31/h1-27H. The van der Waals surface area contributed by atoms with E-state index in [0.29, 0.717) is 5.95 Å². The summed E-state index contributed by atoms with van der Waals surface area (Å²) in [5, 5.41) is 8.40. The van der Waals surface area contributed by atoms with Crippen LogP contribution >= 0.6 is 0 Å². The predicted octanol–water partition coefficient (Wildman–Crippen LogP) is 12.0. The average Bonchev–Trinajstić information content (AvgIpc) is 3.45. The van der Waals surface area contributed by atoms with Crippen molar-refractivity contribution in [1.82, 2.24) is 14.5 Å². The third kappa shape index (κ3) is 3.67. The molecule has 3 nitrogen and oxygen atoms in total. The second-order valence-electron chi connectivity index (χ2n) is 12.9. The van der Waals surface area contributed by atoms with Gasteiger partial charge in [0.1, 0.15) is 0 Å². The van der Waals surface area contributed by atoms with Crippen molar-refractivity contribution in [2.24, 2.45) is 0 Å². The van der Waals surface area contributed by atoms with Gasteiger partial charge in [-0.15, -0.1) is 0 Å². The maximum absolute atomic E-state index is 5.49. The summed E-state index contributed by atoms with van der Waals surface area (Å²) in [6, 6.07) is 58.9. The average molecular weight is 622 g/mol. The number of nitrogens with zero attached hydrogens (tertiary/aromatic N) is 3. The van der Waals surface area contributed by atoms with E-state index in [0.717, 1.165) is 38.6 Å². The summed E-state index contributed by atoms with van der Waals surface area (Å²) >= 11 is 0. The lowest BCUT2D eigenvalue weighted by atomic mass is 9.88. The Morgan fingerprint density at radius 2 is 1.02 bits per heavy atom. The van der Waals surface area contributed by atoms with Crippen molar-refractivity contribution in [3.8, 4) is 50.6 Å². The first-order valence-corrected chi connectivity index (χ1v) is 16.8. The van der Waals surface area contributed by atoms with Crippen molar-refractivity contribution in [1.29, 1.82) is 0 Å². The second kappa shape index (κ2) is 9.96. The highest BCUT2D eigenvalue weighted by Crippen LogP contribution is 2.52. The fraction of sp³-hybridized carbons (Fsp3) is 0. The van der Waals surface area contributed by atoms with E-state index in [1.807, 2.05) is 0 Å². The molecule has 0 spiro atoms. The molecule has 11 rings (SSSR count). The first-order chi connectivity index (χ1) is 24.3. The summed E-state index contributed by atoms with van der Waals surface area (Å²) < 4.78 is 2.30. The fourth-order valence-corrected chi connectivity index (χ4v) is 8.28. The number of rotatable bonds is 3. The Morgan fingerprint density at radius 1 is 0.367 bits per heavy atom. The quantitative estimate of drug-likeness (QED) is 0.184. The molecule has 1 aliphatic carbocycles. The van der Waals surface area contributed by atoms with Gasteiger partial charge in [0.2, 0.25) is 5.95 Å². The van der Waals surface area contributed by atoms with Crippen LogP contribution in [-0.2, 0) is 0 Å². The van der Waals surface area contributed by atoms with E-state index in [1.165, 1.54) is 60.3 Å². The first kappa shape index (κ1) is 26.5. The molecule has 2 aromatic heterocycles. The molecule has 1 aliphatic rings. The van der Waals surface area contributed by atoms with Crippen molar-refractivity contribution in [3.05, 3.63) is 164 Å². The van der Waals surface area contributed by atoms with Crippen LogP contribution in [0.4, 0.5) is 0 Å². The van der Waals surface area contributed by atoms with Gasteiger partial charge in [-0.2, -0.15) is 0 Å². The molecular formula is C46H27N3. The van der Waals surface area contributed by atoms with E-state index in [-0.39, 0.29) is 0 Å². The number of hydrogen-bond donors (Lipinski definition) is 0. The maximum atomic E-state index is 5.49. The zero-order valence-corrected chi connectivity index (χ0v) is 26.4. The molecule has 0 aliphatic heterocycles. The van der Waals surface area contributed by atoms with Crippen LogP contribution in [0.2, 0.25) is 0 Å². The molecule has 10 aromatic rings. The normalized spacial score (nSPS) is 12.1. The molecule has 0 bridgehead atoms. The highest BCUT2D eigenvalue weighted by molar-refractivity contribution is 6.31. The Morgan fingerprint density at radius 3 is 1.88 bits per heavy atom. The molecule has 0 atom stereocenters. The van der Waals surface area contributed by atoms with E-state index < -0.39 is 0 Å². The fourth-order valence-electron chi connectivity index (χ4n) is 8.28. The van der Waals surface area contributed by atoms with E-state index in [1.54, 1.807) is 0 Å². The smallest absolute Gasteiger partial charge is 0.235 e. The Balaban J connectivity index is 1.35. The molecule has 0 amide bonds. The van der Waals surface area contributed by atoms with Crippen LogP contribution in [0.3, 0.4) is 0 Å². The minimum Gasteiger partial charge on any atom is -0.278 e. The number of hydrogen-bond acceptors (Lipinski definition) is 2. The Bertz CT molecular complexity index is 2970. The van der Waals surface area contributed by atoms with Gasteiger partial charge in [-0.05, 0) is 67.6 Å². The molecule has 3 heteroatoms. The Kier molecular flexibility index (Phi) is 5.38. The molecule has 0 unspecified atom stereocenters. The van der Waals surface area contributed by atoms with Gasteiger partial charge in [0.05, 0.1) is 22.2 Å². The summed E-state index contributed by atoms with van der Waals surface area (Å²) in [6.07, 6.45) is 0. The molecule has 0 saturated heterocycles. The van der Waals surface area contributed by atoms with Crippen molar-refractivity contribution < 1.29 is 0 Å². The minimum atomic E-state index is 0.672. The topological polar surface area (TPSA) is 30.7 Å². The van der Waals surface area contributed by atoms with Gasteiger partial charge in [0.25, 0.3) is 0 Å². The largest absolute Gasteiger partial charge is 0.278 e. The lowest BCUT2D eigenvalue weighted by molar-refractivity contribution is 1.01. The van der Waals surface area contributed by atoms with Crippen LogP contribution in [0.5, 0.6) is 0 Å². The molecule has 49 heavy (non-hydrogen) atoms. The SMILES string of the molecule is c1ccc(-c2ccc3c4c2-c2ccccc2-c2cccc5ccc(c4c25)n3-c2nc(-c3ccccc3)c3c(ccc4ccccc43)n2)cc1. The van der Waals surface area contributed by atoms with Crippen molar-refractivity contribution >= 4 is 54.3 Å². The molecule has 0 N–H and O–H groups in total. The van der Waals surface area contributed by atoms with Gasteiger partial charge in [-0.25, -0.2) is 9.97 Å². The lowest BCUT2D eigenvalue weighted by Crippen LogP contribution is -2.04. The number of fused-ring (bicyclic) bond motifs is 6. The van der Waals surface area contributed by atoms with Gasteiger partial charge in [0, 0.05) is 27.3 Å². The van der Waals surface area contributed by atoms with Gasteiger partial charge in [-0.1, -0.05) is 146 Å². The summed E-state index contributed by atoms with van der Waals surface area (Å²) in [5.41, 5.74) is 12.6. The number of benzene rings is 8. The highest BCUT2D eigenvalue weighted by atomic mass is 15.2. The van der Waals surface area contributed by atoms with Crippen LogP contribution in [0, 0.1) is 0 Å². The Labute approximate surface area is 282 Å². The van der Waals surface area contributed by atoms with Crippen LogP contribution in [0.25, 0.3) is 105 Å². The molecular weight excluding hydrogens is 595 g/mol. The van der Waals surface area contributed by atoms with Crippen LogP contribution in [-0.4, -0.2) is 14.5 Å². The molecule has 0 fully saturated rings. The predicted molar refractivity (Wildman–Crippen MR) is 204 cm³/mol. The minimum absolute atomic E-state index is 0.672. The molecule has 8 aromatic carbocycles. The third-order valence-corrected chi connectivity index (χ3v) is 10.3. The van der Waals surface area contributed by atoms with E-state index in [4.69, 9.17) is 9.97 Å². The van der Waals surface area contributed by atoms with E-state index in [2.05, 4.69) is 168 Å². The molecule has 0 radical (unpaired) electrons. The Hall–Kier alpha value is -6.58. The lowest BCUT2D eigenvalue weighted by Gasteiger charge is -2.17. The van der Waals surface area contributed by atoms with Crippen LogP contribution < -0.4 is 0 Å². The van der Waals surface area contributed by atoms with Gasteiger partial charge in [-0.3, -0.25) is 4.57 Å². The van der Waals surface area contributed by atoms with Crippen LogP contribution in [0.15, 0.2) is 164 Å².